The van der Waals surface area contributed by atoms with Gasteiger partial charge >= 0.3 is 0 Å². The maximum atomic E-state index is 5.39. The lowest BCUT2D eigenvalue weighted by atomic mass is 9.97. The second-order valence-electron chi connectivity index (χ2n) is 3.33. The molecule has 1 aliphatic heterocycles. The van der Waals surface area contributed by atoms with E-state index in [4.69, 9.17) is 4.74 Å². The maximum Gasteiger partial charge on any atom is 0.0494 e. The predicted molar refractivity (Wildman–Crippen MR) is 54.0 cm³/mol. The van der Waals surface area contributed by atoms with E-state index in [0.717, 1.165) is 25.7 Å². The third kappa shape index (κ3) is 4.96. The minimum Gasteiger partial charge on any atom is -0.381 e. The van der Waals surface area contributed by atoms with Crippen LogP contribution in [0.15, 0.2) is 0 Å². The van der Waals surface area contributed by atoms with E-state index in [1.165, 1.54) is 25.7 Å². The number of nitrogens with one attached hydrogen (secondary N) is 1. The van der Waals surface area contributed by atoms with E-state index in [0.29, 0.717) is 0 Å². The Balaban J connectivity index is 0.00000121. The highest BCUT2D eigenvalue weighted by molar-refractivity contribution is 5.85. The van der Waals surface area contributed by atoms with E-state index >= 15 is 0 Å². The summed E-state index contributed by atoms with van der Waals surface area (Å²) >= 11 is 0. The molecule has 74 valence electrons. The summed E-state index contributed by atoms with van der Waals surface area (Å²) in [6.45, 7) is 3.14. The molecule has 1 heterocycles. The second-order valence-corrected chi connectivity index (χ2v) is 3.33. The minimum atomic E-state index is 0. The first-order chi connectivity index (χ1) is 5.43. The lowest BCUT2D eigenvalue weighted by Crippen LogP contribution is -2.18. The SMILES string of the molecule is CNCCCC1CCCOC1.Cl. The first-order valence-corrected chi connectivity index (χ1v) is 4.66. The molecule has 1 unspecified atom stereocenters. The van der Waals surface area contributed by atoms with Crippen LogP contribution in [0, 0.1) is 5.92 Å². The van der Waals surface area contributed by atoms with Crippen molar-refractivity contribution in [3.05, 3.63) is 0 Å². The average molecular weight is 194 g/mol. The molecule has 0 aromatic heterocycles. The Labute approximate surface area is 81.5 Å². The lowest BCUT2D eigenvalue weighted by molar-refractivity contribution is 0.0510. The largest absolute Gasteiger partial charge is 0.381 e. The quantitative estimate of drug-likeness (QED) is 0.688. The van der Waals surface area contributed by atoms with Gasteiger partial charge in [-0.3, -0.25) is 0 Å². The first-order valence-electron chi connectivity index (χ1n) is 4.66. The summed E-state index contributed by atoms with van der Waals surface area (Å²) in [4.78, 5) is 0. The first kappa shape index (κ1) is 12.2. The molecule has 0 aromatic carbocycles. The smallest absolute Gasteiger partial charge is 0.0494 e. The van der Waals surface area contributed by atoms with Gasteiger partial charge in [-0.25, -0.2) is 0 Å². The Bertz CT molecular complexity index is 94.5. The molecule has 1 rings (SSSR count). The zero-order valence-corrected chi connectivity index (χ0v) is 8.66. The summed E-state index contributed by atoms with van der Waals surface area (Å²) in [5, 5.41) is 3.17. The molecule has 1 aliphatic rings. The van der Waals surface area contributed by atoms with Gasteiger partial charge in [-0.05, 0) is 45.2 Å². The van der Waals surface area contributed by atoms with Crippen molar-refractivity contribution >= 4 is 12.4 Å². The Morgan fingerprint density at radius 2 is 2.33 bits per heavy atom. The van der Waals surface area contributed by atoms with E-state index in [1.807, 2.05) is 7.05 Å². The van der Waals surface area contributed by atoms with Gasteiger partial charge in [-0.15, -0.1) is 12.4 Å². The molecule has 0 spiro atoms. The number of hydrogen-bond acceptors (Lipinski definition) is 2. The zero-order valence-electron chi connectivity index (χ0n) is 7.84. The molecule has 0 aliphatic carbocycles. The van der Waals surface area contributed by atoms with Crippen molar-refractivity contribution in [2.75, 3.05) is 26.8 Å². The highest BCUT2D eigenvalue weighted by atomic mass is 35.5. The van der Waals surface area contributed by atoms with Crippen molar-refractivity contribution in [1.29, 1.82) is 0 Å². The summed E-state index contributed by atoms with van der Waals surface area (Å²) in [6, 6.07) is 0. The van der Waals surface area contributed by atoms with Crippen LogP contribution in [0.3, 0.4) is 0 Å². The molecule has 12 heavy (non-hydrogen) atoms. The van der Waals surface area contributed by atoms with Crippen LogP contribution in [0.1, 0.15) is 25.7 Å². The molecule has 0 radical (unpaired) electrons. The van der Waals surface area contributed by atoms with Crippen molar-refractivity contribution in [3.63, 3.8) is 0 Å². The molecule has 2 nitrogen and oxygen atoms in total. The number of ether oxygens (including phenoxy) is 1. The summed E-state index contributed by atoms with van der Waals surface area (Å²) in [5.74, 6) is 0.845. The number of rotatable bonds is 4. The molecular formula is C9H20ClNO. The molecule has 1 atom stereocenters. The van der Waals surface area contributed by atoms with Crippen molar-refractivity contribution in [1.82, 2.24) is 5.32 Å². The fourth-order valence-electron chi connectivity index (χ4n) is 1.60. The van der Waals surface area contributed by atoms with Crippen LogP contribution in [0.5, 0.6) is 0 Å². The highest BCUT2D eigenvalue weighted by Gasteiger charge is 2.12. The third-order valence-electron chi connectivity index (χ3n) is 2.29. The topological polar surface area (TPSA) is 21.3 Å². The molecule has 1 fully saturated rings. The van der Waals surface area contributed by atoms with Gasteiger partial charge in [-0.1, -0.05) is 0 Å². The van der Waals surface area contributed by atoms with Crippen molar-refractivity contribution < 1.29 is 4.74 Å². The fraction of sp³-hybridized carbons (Fsp3) is 1.00. The van der Waals surface area contributed by atoms with Gasteiger partial charge in [0.1, 0.15) is 0 Å². The number of hydrogen-bond donors (Lipinski definition) is 1. The molecule has 1 saturated heterocycles. The molecule has 3 heteroatoms. The van der Waals surface area contributed by atoms with E-state index in [1.54, 1.807) is 0 Å². The van der Waals surface area contributed by atoms with Gasteiger partial charge in [0, 0.05) is 13.2 Å². The summed E-state index contributed by atoms with van der Waals surface area (Å²) in [7, 11) is 2.01. The van der Waals surface area contributed by atoms with Gasteiger partial charge in [-0.2, -0.15) is 0 Å². The normalized spacial score (nSPS) is 23.2. The molecule has 0 saturated carbocycles. The number of halogens is 1. The molecule has 1 N–H and O–H groups in total. The third-order valence-corrected chi connectivity index (χ3v) is 2.29. The van der Waals surface area contributed by atoms with Crippen LogP contribution in [0.25, 0.3) is 0 Å². The van der Waals surface area contributed by atoms with Gasteiger partial charge in [0.05, 0.1) is 0 Å². The lowest BCUT2D eigenvalue weighted by Gasteiger charge is -2.21. The Hall–Kier alpha value is 0.210. The minimum absolute atomic E-state index is 0. The van der Waals surface area contributed by atoms with E-state index < -0.39 is 0 Å². The molecule has 0 amide bonds. The van der Waals surface area contributed by atoms with E-state index in [9.17, 15) is 0 Å². The molecule has 0 bridgehead atoms. The van der Waals surface area contributed by atoms with Crippen LogP contribution < -0.4 is 5.32 Å². The van der Waals surface area contributed by atoms with Crippen molar-refractivity contribution in [2.24, 2.45) is 5.92 Å². The highest BCUT2D eigenvalue weighted by Crippen LogP contribution is 2.17. The molecular weight excluding hydrogens is 174 g/mol. The van der Waals surface area contributed by atoms with Crippen LogP contribution in [-0.2, 0) is 4.74 Å². The van der Waals surface area contributed by atoms with Crippen LogP contribution >= 0.6 is 12.4 Å². The standard InChI is InChI=1S/C9H19NO.ClH/c1-10-6-2-4-9-5-3-7-11-8-9;/h9-10H,2-8H2,1H3;1H. The summed E-state index contributed by atoms with van der Waals surface area (Å²) < 4.78 is 5.39. The van der Waals surface area contributed by atoms with Gasteiger partial charge in [0.15, 0.2) is 0 Å². The molecule has 0 aromatic rings. The second kappa shape index (κ2) is 7.84. The summed E-state index contributed by atoms with van der Waals surface area (Å²) in [5.41, 5.74) is 0. The summed E-state index contributed by atoms with van der Waals surface area (Å²) in [6.07, 6.45) is 5.28. The Kier molecular flexibility index (Phi) is 7.98. The van der Waals surface area contributed by atoms with Crippen molar-refractivity contribution in [3.8, 4) is 0 Å². The predicted octanol–water partition coefficient (Wildman–Crippen LogP) is 1.83. The van der Waals surface area contributed by atoms with Crippen molar-refractivity contribution in [2.45, 2.75) is 25.7 Å². The monoisotopic (exact) mass is 193 g/mol. The van der Waals surface area contributed by atoms with Gasteiger partial charge in [0.25, 0.3) is 0 Å². The van der Waals surface area contributed by atoms with E-state index in [-0.39, 0.29) is 12.4 Å². The van der Waals surface area contributed by atoms with Crippen LogP contribution in [0.2, 0.25) is 0 Å². The Morgan fingerprint density at radius 1 is 1.50 bits per heavy atom. The Morgan fingerprint density at radius 3 is 2.92 bits per heavy atom. The van der Waals surface area contributed by atoms with E-state index in [2.05, 4.69) is 5.32 Å². The van der Waals surface area contributed by atoms with Gasteiger partial charge < -0.3 is 10.1 Å². The zero-order chi connectivity index (χ0) is 7.94. The van der Waals surface area contributed by atoms with Gasteiger partial charge in [0.2, 0.25) is 0 Å². The average Bonchev–Trinajstić information content (AvgIpc) is 2.07. The maximum absolute atomic E-state index is 5.39. The fourth-order valence-corrected chi connectivity index (χ4v) is 1.60. The van der Waals surface area contributed by atoms with Crippen LogP contribution in [-0.4, -0.2) is 26.8 Å². The van der Waals surface area contributed by atoms with Crippen LogP contribution in [0.4, 0.5) is 0 Å².